The summed E-state index contributed by atoms with van der Waals surface area (Å²) in [7, 11) is 1.99. The number of nitrogens with one attached hydrogen (secondary N) is 1. The molecule has 1 aliphatic rings. The van der Waals surface area contributed by atoms with Crippen molar-refractivity contribution in [2.45, 2.75) is 98.4 Å². The van der Waals surface area contributed by atoms with Crippen molar-refractivity contribution in [2.75, 3.05) is 26.7 Å². The summed E-state index contributed by atoms with van der Waals surface area (Å²) in [5.74, 6) is 1.25. The standard InChI is InChI=1S/C32H49BrClFN2O2/c1-9-13-16-24(21(5)12-4)18-39-22(6)25(14-10-2)31(36-32(23(7)38)19-37(8)20-32)27-17-28(34)29(33)30(35)26(27)15-11-3/h17,21,24,36H,6,9-16,18-20H2,1-5,7-8H3/b31-25+. The zero-order chi connectivity index (χ0) is 29.3. The van der Waals surface area contributed by atoms with Crippen LogP contribution in [-0.4, -0.2) is 43.0 Å². The summed E-state index contributed by atoms with van der Waals surface area (Å²) >= 11 is 9.87. The number of rotatable bonds is 17. The van der Waals surface area contributed by atoms with Crippen LogP contribution < -0.4 is 5.32 Å². The van der Waals surface area contributed by atoms with Crippen molar-refractivity contribution in [3.63, 3.8) is 0 Å². The summed E-state index contributed by atoms with van der Waals surface area (Å²) in [6.07, 6.45) is 7.35. The molecule has 7 heteroatoms. The maximum absolute atomic E-state index is 15.7. The molecular formula is C32H49BrClFN2O2. The molecule has 2 unspecified atom stereocenters. The number of nitrogens with zero attached hydrogens (tertiary/aromatic N) is 1. The Bertz CT molecular complexity index is 1040. The largest absolute Gasteiger partial charge is 0.494 e. The lowest BCUT2D eigenvalue weighted by molar-refractivity contribution is -0.128. The van der Waals surface area contributed by atoms with Crippen molar-refractivity contribution in [1.82, 2.24) is 10.2 Å². The molecule has 1 aromatic rings. The lowest BCUT2D eigenvalue weighted by atomic mass is 9.84. The number of likely N-dealkylation sites (N-methyl/N-ethyl adjacent to an activating group) is 1. The van der Waals surface area contributed by atoms with Crippen LogP contribution in [0, 0.1) is 17.7 Å². The second-order valence-electron chi connectivity index (χ2n) is 11.3. The topological polar surface area (TPSA) is 41.6 Å². The summed E-state index contributed by atoms with van der Waals surface area (Å²) in [5.41, 5.74) is 2.07. The summed E-state index contributed by atoms with van der Waals surface area (Å²) in [4.78, 5) is 15.1. The van der Waals surface area contributed by atoms with Gasteiger partial charge >= 0.3 is 0 Å². The Hall–Kier alpha value is -1.37. The highest BCUT2D eigenvalue weighted by Crippen LogP contribution is 2.38. The fourth-order valence-corrected chi connectivity index (χ4v) is 5.99. The van der Waals surface area contributed by atoms with Gasteiger partial charge in [-0.05, 0) is 72.6 Å². The molecule has 1 heterocycles. The fourth-order valence-electron chi connectivity index (χ4n) is 5.44. The minimum atomic E-state index is -0.761. The van der Waals surface area contributed by atoms with Gasteiger partial charge in [-0.3, -0.25) is 4.79 Å². The van der Waals surface area contributed by atoms with Gasteiger partial charge in [0.15, 0.2) is 5.78 Å². The van der Waals surface area contributed by atoms with Gasteiger partial charge in [0.2, 0.25) is 0 Å². The molecule has 4 nitrogen and oxygen atoms in total. The molecule has 1 saturated heterocycles. The Balaban J connectivity index is 2.68. The quantitative estimate of drug-likeness (QED) is 0.106. The fraction of sp³-hybridized carbons (Fsp3) is 0.656. The highest BCUT2D eigenvalue weighted by atomic mass is 79.9. The van der Waals surface area contributed by atoms with E-state index in [4.69, 9.17) is 16.3 Å². The van der Waals surface area contributed by atoms with Crippen LogP contribution in [0.4, 0.5) is 4.39 Å². The smallest absolute Gasteiger partial charge is 0.157 e. The zero-order valence-electron chi connectivity index (χ0n) is 25.1. The first kappa shape index (κ1) is 33.8. The SMILES string of the molecule is C=C(OCC(CCCC)C(C)CC)/C(CCC)=C(/NC1(C(C)=O)CN(C)C1)c1cc(Cl)c(Br)c(F)c1CCC. The second kappa shape index (κ2) is 15.6. The predicted octanol–water partition coefficient (Wildman–Crippen LogP) is 8.95. The first-order valence-electron chi connectivity index (χ1n) is 14.7. The number of benzene rings is 1. The van der Waals surface area contributed by atoms with Crippen LogP contribution in [-0.2, 0) is 16.0 Å². The van der Waals surface area contributed by atoms with Crippen LogP contribution in [0.25, 0.3) is 5.70 Å². The molecule has 1 fully saturated rings. The number of halogens is 3. The first-order chi connectivity index (χ1) is 18.5. The Morgan fingerprint density at radius 2 is 1.92 bits per heavy atom. The number of ether oxygens (including phenoxy) is 1. The summed E-state index contributed by atoms with van der Waals surface area (Å²) < 4.78 is 22.4. The van der Waals surface area contributed by atoms with Gasteiger partial charge in [0, 0.05) is 29.9 Å². The molecule has 1 aromatic carbocycles. The van der Waals surface area contributed by atoms with E-state index in [1.807, 2.05) is 20.0 Å². The van der Waals surface area contributed by atoms with Crippen molar-refractivity contribution in [2.24, 2.45) is 11.8 Å². The Labute approximate surface area is 249 Å². The van der Waals surface area contributed by atoms with Gasteiger partial charge in [-0.25, -0.2) is 4.39 Å². The highest BCUT2D eigenvalue weighted by molar-refractivity contribution is 9.10. The zero-order valence-corrected chi connectivity index (χ0v) is 27.5. The molecule has 0 saturated carbocycles. The van der Waals surface area contributed by atoms with E-state index in [9.17, 15) is 4.79 Å². The number of hydrogen-bond donors (Lipinski definition) is 1. The molecule has 0 radical (unpaired) electrons. The van der Waals surface area contributed by atoms with E-state index in [1.54, 1.807) is 6.92 Å². The van der Waals surface area contributed by atoms with E-state index in [2.05, 4.69) is 60.4 Å². The second-order valence-corrected chi connectivity index (χ2v) is 12.5. The molecule has 0 aromatic heterocycles. The minimum absolute atomic E-state index is 0.0533. The summed E-state index contributed by atoms with van der Waals surface area (Å²) in [6.45, 7) is 18.6. The maximum Gasteiger partial charge on any atom is 0.157 e. The van der Waals surface area contributed by atoms with Crippen molar-refractivity contribution in [3.05, 3.63) is 50.4 Å². The van der Waals surface area contributed by atoms with Gasteiger partial charge in [-0.15, -0.1) is 0 Å². The molecule has 0 amide bonds. The van der Waals surface area contributed by atoms with Crippen molar-refractivity contribution < 1.29 is 13.9 Å². The molecule has 220 valence electrons. The number of hydrogen-bond acceptors (Lipinski definition) is 4. The number of unbranched alkanes of at least 4 members (excludes halogenated alkanes) is 1. The van der Waals surface area contributed by atoms with Crippen molar-refractivity contribution in [1.29, 1.82) is 0 Å². The van der Waals surface area contributed by atoms with Crippen LogP contribution >= 0.6 is 27.5 Å². The molecule has 2 rings (SSSR count). The lowest BCUT2D eigenvalue weighted by Gasteiger charge is -2.48. The summed E-state index contributed by atoms with van der Waals surface area (Å²) in [6, 6.07) is 1.81. The van der Waals surface area contributed by atoms with Gasteiger partial charge in [-0.2, -0.15) is 0 Å². The Morgan fingerprint density at radius 3 is 2.44 bits per heavy atom. The lowest BCUT2D eigenvalue weighted by Crippen LogP contribution is -2.71. The van der Waals surface area contributed by atoms with Crippen LogP contribution in [0.1, 0.15) is 97.6 Å². The van der Waals surface area contributed by atoms with Crippen LogP contribution in [0.5, 0.6) is 0 Å². The van der Waals surface area contributed by atoms with Gasteiger partial charge in [0.1, 0.15) is 17.1 Å². The van der Waals surface area contributed by atoms with Crippen LogP contribution in [0.3, 0.4) is 0 Å². The molecule has 1 aliphatic heterocycles. The van der Waals surface area contributed by atoms with Gasteiger partial charge in [0.05, 0.1) is 16.1 Å². The average Bonchev–Trinajstić information content (AvgIpc) is 2.88. The third kappa shape index (κ3) is 8.33. The van der Waals surface area contributed by atoms with Crippen LogP contribution in [0.2, 0.25) is 5.02 Å². The molecule has 0 aliphatic carbocycles. The van der Waals surface area contributed by atoms with E-state index < -0.39 is 5.54 Å². The van der Waals surface area contributed by atoms with Crippen molar-refractivity contribution in [3.8, 4) is 0 Å². The minimum Gasteiger partial charge on any atom is -0.494 e. The van der Waals surface area contributed by atoms with Crippen LogP contribution in [0.15, 0.2) is 28.5 Å². The Kier molecular flexibility index (Phi) is 13.5. The average molecular weight is 628 g/mol. The summed E-state index contributed by atoms with van der Waals surface area (Å²) in [5, 5.41) is 3.91. The van der Waals surface area contributed by atoms with E-state index >= 15 is 4.39 Å². The van der Waals surface area contributed by atoms with Gasteiger partial charge in [-0.1, -0.05) is 84.9 Å². The number of carbonyl (C=O) groups is 1. The predicted molar refractivity (Wildman–Crippen MR) is 167 cm³/mol. The molecule has 2 atom stereocenters. The number of allylic oxidation sites excluding steroid dienone is 1. The molecule has 1 N–H and O–H groups in total. The number of carbonyl (C=O) groups excluding carboxylic acids is 1. The number of likely N-dealkylation sites (tertiary alicyclic amines) is 1. The van der Waals surface area contributed by atoms with E-state index in [0.717, 1.165) is 37.7 Å². The Morgan fingerprint density at radius 1 is 1.26 bits per heavy atom. The normalized spacial score (nSPS) is 17.2. The first-order valence-corrected chi connectivity index (χ1v) is 15.8. The molecule has 0 bridgehead atoms. The number of Topliss-reactive ketones (excluding diaryl/α,β-unsaturated/α-hetero) is 1. The number of ketones is 1. The monoisotopic (exact) mass is 626 g/mol. The third-order valence-electron chi connectivity index (χ3n) is 8.14. The molecular weight excluding hydrogens is 579 g/mol. The maximum atomic E-state index is 15.7. The molecule has 0 spiro atoms. The van der Waals surface area contributed by atoms with E-state index in [0.29, 0.717) is 72.0 Å². The van der Waals surface area contributed by atoms with E-state index in [1.165, 1.54) is 6.42 Å². The van der Waals surface area contributed by atoms with Gasteiger partial charge in [0.25, 0.3) is 0 Å². The molecule has 39 heavy (non-hydrogen) atoms. The van der Waals surface area contributed by atoms with Crippen molar-refractivity contribution >= 4 is 39.0 Å². The highest BCUT2D eigenvalue weighted by Gasteiger charge is 2.46. The third-order valence-corrected chi connectivity index (χ3v) is 9.44. The van der Waals surface area contributed by atoms with Gasteiger partial charge < -0.3 is 15.0 Å². The van der Waals surface area contributed by atoms with E-state index in [-0.39, 0.29) is 16.1 Å².